The molecular weight excluding hydrogens is 450 g/mol. The van der Waals surface area contributed by atoms with Crippen molar-refractivity contribution in [1.29, 1.82) is 0 Å². The van der Waals surface area contributed by atoms with Gasteiger partial charge in [0.2, 0.25) is 5.91 Å². The van der Waals surface area contributed by atoms with Crippen molar-refractivity contribution in [3.05, 3.63) is 60.0 Å². The summed E-state index contributed by atoms with van der Waals surface area (Å²) in [5.74, 6) is 0.173. The van der Waals surface area contributed by atoms with Crippen LogP contribution in [0, 0.1) is 0 Å². The van der Waals surface area contributed by atoms with E-state index in [4.69, 9.17) is 9.47 Å². The number of amides is 2. The van der Waals surface area contributed by atoms with E-state index in [0.717, 1.165) is 11.8 Å². The molecule has 1 aliphatic heterocycles. The van der Waals surface area contributed by atoms with Gasteiger partial charge in [0.15, 0.2) is 0 Å². The van der Waals surface area contributed by atoms with E-state index in [1.807, 2.05) is 6.08 Å². The predicted molar refractivity (Wildman–Crippen MR) is 134 cm³/mol. The molecule has 0 aliphatic carbocycles. The third-order valence-corrected chi connectivity index (χ3v) is 4.95. The number of aldehydes is 1. The van der Waals surface area contributed by atoms with Crippen LogP contribution in [0.1, 0.15) is 45.2 Å². The highest BCUT2D eigenvalue weighted by Crippen LogP contribution is 2.29. The molecule has 1 unspecified atom stereocenters. The predicted octanol–water partition coefficient (Wildman–Crippen LogP) is 3.17. The Morgan fingerprint density at radius 3 is 2.71 bits per heavy atom. The van der Waals surface area contributed by atoms with Gasteiger partial charge < -0.3 is 35.3 Å². The molecular formula is C26H35N3O6. The Labute approximate surface area is 206 Å². The molecule has 1 aliphatic rings. The number of allylic oxidation sites excluding steroid dienone is 3. The zero-order valence-electron chi connectivity index (χ0n) is 20.7. The van der Waals surface area contributed by atoms with Crippen LogP contribution in [0.3, 0.4) is 0 Å². The Balaban J connectivity index is 2.25. The maximum absolute atomic E-state index is 12.5. The number of carbonyl (C=O) groups is 3. The second-order valence-electron chi connectivity index (χ2n) is 9.22. The minimum Gasteiger partial charge on any atom is -0.515 e. The first-order chi connectivity index (χ1) is 16.5. The molecule has 0 spiro atoms. The van der Waals surface area contributed by atoms with E-state index in [9.17, 15) is 19.5 Å². The van der Waals surface area contributed by atoms with E-state index in [2.05, 4.69) is 22.5 Å². The Kier molecular flexibility index (Phi) is 9.93. The van der Waals surface area contributed by atoms with Crippen LogP contribution in [0.4, 0.5) is 4.79 Å². The van der Waals surface area contributed by atoms with Crippen molar-refractivity contribution in [2.45, 2.75) is 58.2 Å². The Hall–Kier alpha value is -3.75. The molecule has 190 valence electrons. The van der Waals surface area contributed by atoms with Gasteiger partial charge in [-0.2, -0.15) is 0 Å². The molecule has 0 aromatic heterocycles. The summed E-state index contributed by atoms with van der Waals surface area (Å²) in [6, 6.07) is 4.03. The van der Waals surface area contributed by atoms with Crippen LogP contribution in [-0.2, 0) is 20.7 Å². The minimum atomic E-state index is -0.724. The summed E-state index contributed by atoms with van der Waals surface area (Å²) in [7, 11) is 0. The van der Waals surface area contributed by atoms with Crippen LogP contribution in [0.2, 0.25) is 0 Å². The first kappa shape index (κ1) is 27.5. The Bertz CT molecular complexity index is 993. The van der Waals surface area contributed by atoms with E-state index < -0.39 is 23.8 Å². The highest BCUT2D eigenvalue weighted by Gasteiger charge is 2.20. The lowest BCUT2D eigenvalue weighted by molar-refractivity contribution is -0.125. The number of nitrogens with one attached hydrogen (secondary N) is 3. The van der Waals surface area contributed by atoms with Crippen LogP contribution < -0.4 is 20.7 Å². The first-order valence-corrected chi connectivity index (χ1v) is 11.5. The number of hydrogen-bond acceptors (Lipinski definition) is 7. The molecule has 2 atom stereocenters. The number of carbonyl (C=O) groups excluding carboxylic acids is 3. The molecule has 1 heterocycles. The molecule has 35 heavy (non-hydrogen) atoms. The Morgan fingerprint density at radius 2 is 2.06 bits per heavy atom. The number of rotatable bonds is 5. The van der Waals surface area contributed by atoms with Crippen molar-refractivity contribution >= 4 is 23.9 Å². The highest BCUT2D eigenvalue weighted by atomic mass is 16.6. The zero-order valence-corrected chi connectivity index (χ0v) is 20.7. The number of hydrogen-bond donors (Lipinski definition) is 4. The van der Waals surface area contributed by atoms with Gasteiger partial charge in [0.25, 0.3) is 0 Å². The molecule has 2 amide bonds. The quantitative estimate of drug-likeness (QED) is 0.287. The van der Waals surface area contributed by atoms with Crippen LogP contribution >= 0.6 is 0 Å². The molecule has 2 bridgehead atoms. The number of aliphatic hydroxyl groups excluding tert-OH is 1. The maximum Gasteiger partial charge on any atom is 0.407 e. The number of aliphatic hydroxyl groups is 1. The summed E-state index contributed by atoms with van der Waals surface area (Å²) >= 11 is 0. The normalized spacial score (nSPS) is 21.2. The first-order valence-electron chi connectivity index (χ1n) is 11.5. The summed E-state index contributed by atoms with van der Waals surface area (Å²) in [4.78, 5) is 35.9. The lowest BCUT2D eigenvalue weighted by Crippen LogP contribution is -2.47. The summed E-state index contributed by atoms with van der Waals surface area (Å²) < 4.78 is 11.1. The van der Waals surface area contributed by atoms with Crippen molar-refractivity contribution in [1.82, 2.24) is 16.0 Å². The van der Waals surface area contributed by atoms with E-state index in [1.165, 1.54) is 0 Å². The molecule has 2 rings (SSSR count). The number of benzene rings is 1. The molecule has 4 N–H and O–H groups in total. The van der Waals surface area contributed by atoms with E-state index in [-0.39, 0.29) is 25.5 Å². The van der Waals surface area contributed by atoms with Gasteiger partial charge in [0.1, 0.15) is 30.3 Å². The average molecular weight is 486 g/mol. The van der Waals surface area contributed by atoms with E-state index in [0.29, 0.717) is 35.3 Å². The molecule has 0 fully saturated rings. The fraction of sp³-hybridized carbons (Fsp3) is 0.423. The second kappa shape index (κ2) is 12.6. The summed E-state index contributed by atoms with van der Waals surface area (Å²) in [5.41, 5.74) is 1.87. The molecule has 0 radical (unpaired) electrons. The van der Waals surface area contributed by atoms with Crippen LogP contribution in [0.25, 0.3) is 5.57 Å². The number of ether oxygens (including phenoxy) is 2. The van der Waals surface area contributed by atoms with Crippen molar-refractivity contribution < 1.29 is 29.0 Å². The van der Waals surface area contributed by atoms with E-state index in [1.54, 1.807) is 52.0 Å². The van der Waals surface area contributed by atoms with Gasteiger partial charge in [-0.25, -0.2) is 4.79 Å². The average Bonchev–Trinajstić information content (AvgIpc) is 2.78. The fourth-order valence-electron chi connectivity index (χ4n) is 3.34. The fourth-order valence-corrected chi connectivity index (χ4v) is 3.34. The largest absolute Gasteiger partial charge is 0.515 e. The van der Waals surface area contributed by atoms with Crippen molar-refractivity contribution in [2.24, 2.45) is 0 Å². The van der Waals surface area contributed by atoms with Crippen molar-refractivity contribution in [3.8, 4) is 5.75 Å². The smallest absolute Gasteiger partial charge is 0.407 e. The molecule has 9 nitrogen and oxygen atoms in total. The monoisotopic (exact) mass is 485 g/mol. The molecule has 9 heteroatoms. The van der Waals surface area contributed by atoms with Crippen molar-refractivity contribution in [3.63, 3.8) is 0 Å². The molecule has 0 saturated carbocycles. The highest BCUT2D eigenvalue weighted by molar-refractivity contribution is 5.84. The van der Waals surface area contributed by atoms with Crippen LogP contribution in [-0.4, -0.2) is 54.2 Å². The van der Waals surface area contributed by atoms with Gasteiger partial charge in [-0.15, -0.1) is 0 Å². The maximum atomic E-state index is 12.5. The lowest BCUT2D eigenvalue weighted by Gasteiger charge is -2.21. The third-order valence-electron chi connectivity index (χ3n) is 4.95. The summed E-state index contributed by atoms with van der Waals surface area (Å²) in [6.07, 6.45) is 5.35. The minimum absolute atomic E-state index is 0.166. The topological polar surface area (TPSA) is 126 Å². The van der Waals surface area contributed by atoms with Gasteiger partial charge >= 0.3 is 6.09 Å². The molecule has 0 saturated heterocycles. The summed E-state index contributed by atoms with van der Waals surface area (Å²) in [5, 5.41) is 18.3. The second-order valence-corrected chi connectivity index (χ2v) is 9.22. The number of fused-ring (bicyclic) bond motifs is 2. The summed E-state index contributed by atoms with van der Waals surface area (Å²) in [6.45, 7) is 11.3. The van der Waals surface area contributed by atoms with Crippen LogP contribution in [0.15, 0.2) is 48.9 Å². The Morgan fingerprint density at radius 1 is 1.31 bits per heavy atom. The number of alkyl carbamates (subject to hydrolysis) is 1. The lowest BCUT2D eigenvalue weighted by atomic mass is 9.98. The molecule has 1 aromatic rings. The molecule has 1 aromatic carbocycles. The standard InChI is InChI=1S/C26H35N3O6/c1-17-7-6-8-20(15-30)22-14-19(13-21(16-31)29-24(32)18(2)28-17)9-10-23(22)34-12-11-27-25(33)35-26(3,4)5/h6,8-10,14-16,18,21,28,30H,1,7,11-13H2,2-5H3,(H,27,33)(H,29,32)/b8-6+,20-15-/t18-,21?/m0/s1. The third kappa shape index (κ3) is 9.19. The van der Waals surface area contributed by atoms with Gasteiger partial charge in [-0.1, -0.05) is 24.8 Å². The van der Waals surface area contributed by atoms with Crippen LogP contribution in [0.5, 0.6) is 5.75 Å². The van der Waals surface area contributed by atoms with E-state index >= 15 is 0 Å². The van der Waals surface area contributed by atoms with Gasteiger partial charge in [0, 0.05) is 23.3 Å². The SMILES string of the molecule is C=C1C/C=C/C(=C/O)c2cc(ccc2OCCNC(=O)OC(C)(C)C)CC(C=O)NC(=O)[C@H](C)N1. The van der Waals surface area contributed by atoms with Crippen molar-refractivity contribution in [2.75, 3.05) is 13.2 Å². The van der Waals surface area contributed by atoms with Gasteiger partial charge in [-0.3, -0.25) is 4.79 Å². The zero-order chi connectivity index (χ0) is 26.0. The van der Waals surface area contributed by atoms with Gasteiger partial charge in [0.05, 0.1) is 18.8 Å². The van der Waals surface area contributed by atoms with Gasteiger partial charge in [-0.05, 0) is 51.8 Å².